The molecule has 1 aliphatic heterocycles. The molecule has 1 amide bonds. The monoisotopic (exact) mass is 423 g/mol. The second kappa shape index (κ2) is 8.71. The van der Waals surface area contributed by atoms with Gasteiger partial charge in [0.05, 0.1) is 6.61 Å². The second-order valence-corrected chi connectivity index (χ2v) is 7.54. The lowest BCUT2D eigenvalue weighted by molar-refractivity contribution is -0.124. The number of hydrogen-bond acceptors (Lipinski definition) is 6. The molecule has 0 unspecified atom stereocenters. The number of benzene rings is 2. The lowest BCUT2D eigenvalue weighted by atomic mass is 10.1. The number of aryl methyl sites for hydroxylation is 1. The molecule has 31 heavy (non-hydrogen) atoms. The molecule has 0 aliphatic carbocycles. The number of fused-ring (bicyclic) bond motifs is 2. The molecule has 0 bridgehead atoms. The van der Waals surface area contributed by atoms with Crippen molar-refractivity contribution in [3.8, 4) is 11.5 Å². The predicted molar refractivity (Wildman–Crippen MR) is 114 cm³/mol. The molecule has 1 atom stereocenters. The largest absolute Gasteiger partial charge is 0.494 e. The minimum Gasteiger partial charge on any atom is -0.494 e. The van der Waals surface area contributed by atoms with Gasteiger partial charge in [-0.2, -0.15) is 0 Å². The topological polar surface area (TPSA) is 87.0 Å². The number of carbonyl (C=O) groups is 2. The smallest absolute Gasteiger partial charge is 0.375 e. The Morgan fingerprint density at radius 3 is 2.81 bits per heavy atom. The Balaban J connectivity index is 1.37. The zero-order valence-electron chi connectivity index (χ0n) is 17.8. The number of esters is 1. The minimum atomic E-state index is -0.668. The Morgan fingerprint density at radius 2 is 2.03 bits per heavy atom. The van der Waals surface area contributed by atoms with E-state index in [0.29, 0.717) is 23.5 Å². The van der Waals surface area contributed by atoms with Gasteiger partial charge in [-0.3, -0.25) is 4.79 Å². The maximum absolute atomic E-state index is 12.4. The summed E-state index contributed by atoms with van der Waals surface area (Å²) < 4.78 is 22.3. The first-order valence-electron chi connectivity index (χ1n) is 10.3. The van der Waals surface area contributed by atoms with Crippen LogP contribution in [0.5, 0.6) is 11.5 Å². The van der Waals surface area contributed by atoms with Crippen LogP contribution >= 0.6 is 0 Å². The average molecular weight is 423 g/mol. The van der Waals surface area contributed by atoms with Gasteiger partial charge < -0.3 is 23.9 Å². The fourth-order valence-corrected chi connectivity index (χ4v) is 3.72. The van der Waals surface area contributed by atoms with Gasteiger partial charge in [-0.05, 0) is 39.0 Å². The van der Waals surface area contributed by atoms with Crippen LogP contribution in [0.1, 0.15) is 41.1 Å². The van der Waals surface area contributed by atoms with Gasteiger partial charge in [-0.25, -0.2) is 4.79 Å². The third-order valence-electron chi connectivity index (χ3n) is 5.22. The number of para-hydroxylation sites is 1. The minimum absolute atomic E-state index is 0.109. The van der Waals surface area contributed by atoms with Crippen molar-refractivity contribution in [2.24, 2.45) is 0 Å². The molecule has 0 fully saturated rings. The third-order valence-corrected chi connectivity index (χ3v) is 5.22. The van der Waals surface area contributed by atoms with E-state index in [1.807, 2.05) is 44.2 Å². The Bertz CT molecular complexity index is 1130. The summed E-state index contributed by atoms with van der Waals surface area (Å²) in [6, 6.07) is 11.2. The van der Waals surface area contributed by atoms with Crippen molar-refractivity contribution in [3.05, 3.63) is 58.8 Å². The van der Waals surface area contributed by atoms with Crippen molar-refractivity contribution >= 4 is 22.8 Å². The molecule has 3 aromatic rings. The number of ether oxygens (including phenoxy) is 3. The molecule has 1 N–H and O–H groups in total. The molecule has 0 spiro atoms. The molecule has 0 saturated heterocycles. The summed E-state index contributed by atoms with van der Waals surface area (Å²) in [5.74, 6) is 0.553. The summed E-state index contributed by atoms with van der Waals surface area (Å²) in [5.41, 5.74) is 3.20. The molecular weight excluding hydrogens is 398 g/mol. The predicted octanol–water partition coefficient (Wildman–Crippen LogP) is 3.94. The van der Waals surface area contributed by atoms with Crippen molar-refractivity contribution < 1.29 is 28.2 Å². The van der Waals surface area contributed by atoms with Crippen LogP contribution in [0.25, 0.3) is 11.0 Å². The Kier molecular flexibility index (Phi) is 5.84. The summed E-state index contributed by atoms with van der Waals surface area (Å²) in [5, 5.41) is 3.61. The summed E-state index contributed by atoms with van der Waals surface area (Å²) in [7, 11) is 0. The van der Waals surface area contributed by atoms with Crippen LogP contribution in [0.15, 0.2) is 40.8 Å². The Morgan fingerprint density at radius 1 is 1.23 bits per heavy atom. The quantitative estimate of drug-likeness (QED) is 0.580. The lowest BCUT2D eigenvalue weighted by Gasteiger charge is -2.13. The van der Waals surface area contributed by atoms with E-state index < -0.39 is 18.5 Å². The first-order chi connectivity index (χ1) is 15.0. The van der Waals surface area contributed by atoms with E-state index in [-0.39, 0.29) is 18.4 Å². The van der Waals surface area contributed by atoms with E-state index in [0.717, 1.165) is 28.7 Å². The molecule has 4 rings (SSSR count). The highest BCUT2D eigenvalue weighted by Crippen LogP contribution is 2.35. The van der Waals surface area contributed by atoms with Crippen LogP contribution in [0, 0.1) is 6.92 Å². The number of rotatable bonds is 7. The molecule has 7 heteroatoms. The highest BCUT2D eigenvalue weighted by molar-refractivity contribution is 5.96. The maximum Gasteiger partial charge on any atom is 0.375 e. The van der Waals surface area contributed by atoms with Crippen LogP contribution < -0.4 is 14.8 Å². The molecule has 0 radical (unpaired) electrons. The molecule has 2 aromatic carbocycles. The number of furan rings is 1. The fourth-order valence-electron chi connectivity index (χ4n) is 3.72. The number of nitrogens with one attached hydrogen (secondary N) is 1. The number of carbonyl (C=O) groups excluding carboxylic acids is 2. The number of hydrogen-bond donors (Lipinski definition) is 1. The van der Waals surface area contributed by atoms with Gasteiger partial charge in [0.2, 0.25) is 5.76 Å². The van der Waals surface area contributed by atoms with E-state index in [9.17, 15) is 9.59 Å². The lowest BCUT2D eigenvalue weighted by Crippen LogP contribution is -2.28. The molecule has 162 valence electrons. The summed E-state index contributed by atoms with van der Waals surface area (Å²) in [6.45, 7) is 6.06. The molecule has 7 nitrogen and oxygen atoms in total. The van der Waals surface area contributed by atoms with Crippen LogP contribution in [-0.2, 0) is 22.5 Å². The third kappa shape index (κ3) is 4.35. The summed E-state index contributed by atoms with van der Waals surface area (Å²) in [4.78, 5) is 24.7. The van der Waals surface area contributed by atoms with E-state index in [1.54, 1.807) is 13.0 Å². The Hall–Kier alpha value is -3.48. The molecular formula is C24H25NO6. The zero-order chi connectivity index (χ0) is 22.0. The highest BCUT2D eigenvalue weighted by atomic mass is 16.5. The molecule has 0 saturated carbocycles. The van der Waals surface area contributed by atoms with Crippen molar-refractivity contribution in [1.82, 2.24) is 5.32 Å². The zero-order valence-corrected chi connectivity index (χ0v) is 17.8. The van der Waals surface area contributed by atoms with Crippen molar-refractivity contribution in [1.29, 1.82) is 0 Å². The van der Waals surface area contributed by atoms with Crippen LogP contribution in [0.2, 0.25) is 0 Å². The SMILES string of the molecule is CCOc1cc2c(cc1CNC(=O)COC(=O)c1oc3ccccc3c1C)O[C@H](C)C2. The first kappa shape index (κ1) is 20.8. The van der Waals surface area contributed by atoms with Gasteiger partial charge in [-0.1, -0.05) is 18.2 Å². The normalized spacial score (nSPS) is 14.7. The van der Waals surface area contributed by atoms with Gasteiger partial charge in [-0.15, -0.1) is 0 Å². The van der Waals surface area contributed by atoms with Gasteiger partial charge in [0.25, 0.3) is 5.91 Å². The van der Waals surface area contributed by atoms with Crippen LogP contribution in [0.3, 0.4) is 0 Å². The van der Waals surface area contributed by atoms with Gasteiger partial charge in [0, 0.05) is 35.0 Å². The van der Waals surface area contributed by atoms with Crippen molar-refractivity contribution in [3.63, 3.8) is 0 Å². The molecule has 1 aromatic heterocycles. The number of amides is 1. The average Bonchev–Trinajstić information content (AvgIpc) is 3.29. The summed E-state index contributed by atoms with van der Waals surface area (Å²) in [6.07, 6.45) is 0.953. The van der Waals surface area contributed by atoms with E-state index >= 15 is 0 Å². The molecule has 2 heterocycles. The van der Waals surface area contributed by atoms with Gasteiger partial charge >= 0.3 is 5.97 Å². The highest BCUT2D eigenvalue weighted by Gasteiger charge is 2.23. The van der Waals surface area contributed by atoms with Crippen LogP contribution in [0.4, 0.5) is 0 Å². The summed E-state index contributed by atoms with van der Waals surface area (Å²) >= 11 is 0. The Labute approximate surface area is 180 Å². The van der Waals surface area contributed by atoms with Crippen molar-refractivity contribution in [2.45, 2.75) is 39.8 Å². The molecule has 1 aliphatic rings. The second-order valence-electron chi connectivity index (χ2n) is 7.54. The van der Waals surface area contributed by atoms with Gasteiger partial charge in [0.1, 0.15) is 23.2 Å². The first-order valence-corrected chi connectivity index (χ1v) is 10.3. The van der Waals surface area contributed by atoms with E-state index in [1.165, 1.54) is 0 Å². The fraction of sp³-hybridized carbons (Fsp3) is 0.333. The standard InChI is InChI=1S/C24H25NO6/c1-4-28-20-10-16-9-14(2)30-21(16)11-17(20)12-25-22(26)13-29-24(27)23-15(3)18-7-5-6-8-19(18)31-23/h5-8,10-11,14H,4,9,12-13H2,1-3H3,(H,25,26)/t14-/m1/s1. The van der Waals surface area contributed by atoms with E-state index in [2.05, 4.69) is 5.32 Å². The van der Waals surface area contributed by atoms with Crippen molar-refractivity contribution in [2.75, 3.05) is 13.2 Å². The maximum atomic E-state index is 12.4. The van der Waals surface area contributed by atoms with E-state index in [4.69, 9.17) is 18.6 Å². The van der Waals surface area contributed by atoms with Crippen LogP contribution in [-0.4, -0.2) is 31.2 Å². The van der Waals surface area contributed by atoms with Gasteiger partial charge in [0.15, 0.2) is 6.61 Å².